The molecule has 1 N–H and O–H groups in total. The highest BCUT2D eigenvalue weighted by atomic mass is 15.0. The van der Waals surface area contributed by atoms with Gasteiger partial charge in [-0.15, -0.1) is 0 Å². The standard InChI is InChI=1S/C18H31N/c1-6-16(7-2)15(5)19-18(13-14(3)4)17-11-9-8-10-12-17/h8-12,14-16,18-19H,6-7,13H2,1-5H3. The Labute approximate surface area is 119 Å². The van der Waals surface area contributed by atoms with E-state index in [0.717, 1.165) is 5.92 Å². The first-order valence-electron chi connectivity index (χ1n) is 7.89. The smallest absolute Gasteiger partial charge is 0.0325 e. The zero-order valence-electron chi connectivity index (χ0n) is 13.3. The van der Waals surface area contributed by atoms with Crippen LogP contribution in [0.4, 0.5) is 0 Å². The lowest BCUT2D eigenvalue weighted by Gasteiger charge is -2.29. The van der Waals surface area contributed by atoms with Gasteiger partial charge >= 0.3 is 0 Å². The second-order valence-corrected chi connectivity index (χ2v) is 6.12. The van der Waals surface area contributed by atoms with Gasteiger partial charge in [0.15, 0.2) is 0 Å². The quantitative estimate of drug-likeness (QED) is 0.679. The van der Waals surface area contributed by atoms with Gasteiger partial charge in [-0.3, -0.25) is 0 Å². The predicted octanol–water partition coefficient (Wildman–Crippen LogP) is 5.19. The molecule has 0 aliphatic rings. The van der Waals surface area contributed by atoms with Crippen molar-refractivity contribution in [3.8, 4) is 0 Å². The zero-order valence-corrected chi connectivity index (χ0v) is 13.3. The summed E-state index contributed by atoms with van der Waals surface area (Å²) in [7, 11) is 0. The minimum absolute atomic E-state index is 0.483. The summed E-state index contributed by atoms with van der Waals surface area (Å²) in [5.41, 5.74) is 1.43. The number of hydrogen-bond donors (Lipinski definition) is 1. The van der Waals surface area contributed by atoms with Crippen molar-refractivity contribution in [3.05, 3.63) is 35.9 Å². The average molecular weight is 261 g/mol. The Kier molecular flexibility index (Phi) is 7.15. The summed E-state index contributed by atoms with van der Waals surface area (Å²) in [5.74, 6) is 1.49. The fourth-order valence-electron chi connectivity index (χ4n) is 2.91. The highest BCUT2D eigenvalue weighted by Crippen LogP contribution is 2.24. The molecule has 0 radical (unpaired) electrons. The third-order valence-electron chi connectivity index (χ3n) is 4.13. The lowest BCUT2D eigenvalue weighted by molar-refractivity contribution is 0.302. The van der Waals surface area contributed by atoms with E-state index in [1.807, 2.05) is 0 Å². The van der Waals surface area contributed by atoms with Crippen molar-refractivity contribution in [1.82, 2.24) is 5.32 Å². The van der Waals surface area contributed by atoms with Crippen LogP contribution in [0.3, 0.4) is 0 Å². The molecule has 108 valence electrons. The Morgan fingerprint density at radius 3 is 2.00 bits per heavy atom. The van der Waals surface area contributed by atoms with Crippen LogP contribution in [0.2, 0.25) is 0 Å². The number of rotatable bonds is 8. The van der Waals surface area contributed by atoms with Gasteiger partial charge in [-0.25, -0.2) is 0 Å². The molecule has 1 rings (SSSR count). The monoisotopic (exact) mass is 261 g/mol. The van der Waals surface area contributed by atoms with Gasteiger partial charge in [0.05, 0.1) is 0 Å². The van der Waals surface area contributed by atoms with Crippen LogP contribution < -0.4 is 5.32 Å². The fourth-order valence-corrected chi connectivity index (χ4v) is 2.91. The van der Waals surface area contributed by atoms with Crippen molar-refractivity contribution in [2.24, 2.45) is 11.8 Å². The van der Waals surface area contributed by atoms with Gasteiger partial charge in [0.25, 0.3) is 0 Å². The molecular formula is C18H31N. The van der Waals surface area contributed by atoms with Crippen molar-refractivity contribution < 1.29 is 0 Å². The molecule has 1 aromatic rings. The van der Waals surface area contributed by atoms with Gasteiger partial charge < -0.3 is 5.32 Å². The molecule has 0 aliphatic carbocycles. The number of benzene rings is 1. The van der Waals surface area contributed by atoms with Crippen molar-refractivity contribution in [2.75, 3.05) is 0 Å². The summed E-state index contributed by atoms with van der Waals surface area (Å²) in [6, 6.07) is 12.0. The first kappa shape index (κ1) is 16.2. The molecular weight excluding hydrogens is 230 g/mol. The first-order valence-corrected chi connectivity index (χ1v) is 7.89. The molecule has 1 aromatic carbocycles. The normalized spacial score (nSPS) is 14.9. The lowest BCUT2D eigenvalue weighted by Crippen LogP contribution is -2.36. The van der Waals surface area contributed by atoms with Crippen LogP contribution in [-0.4, -0.2) is 6.04 Å². The Hall–Kier alpha value is -0.820. The van der Waals surface area contributed by atoms with Crippen LogP contribution in [0.5, 0.6) is 0 Å². The number of hydrogen-bond acceptors (Lipinski definition) is 1. The second kappa shape index (κ2) is 8.37. The van der Waals surface area contributed by atoms with Crippen LogP contribution in [0, 0.1) is 11.8 Å². The summed E-state index contributed by atoms with van der Waals surface area (Å²) in [5, 5.41) is 3.87. The summed E-state index contributed by atoms with van der Waals surface area (Å²) in [6.45, 7) is 11.5. The molecule has 1 heteroatoms. The van der Waals surface area contributed by atoms with Gasteiger partial charge in [-0.1, -0.05) is 70.9 Å². The molecule has 0 amide bonds. The maximum absolute atomic E-state index is 3.87. The summed E-state index contributed by atoms with van der Waals surface area (Å²) < 4.78 is 0. The van der Waals surface area contributed by atoms with Crippen LogP contribution in [-0.2, 0) is 0 Å². The van der Waals surface area contributed by atoms with Crippen molar-refractivity contribution >= 4 is 0 Å². The highest BCUT2D eigenvalue weighted by molar-refractivity contribution is 5.19. The van der Waals surface area contributed by atoms with E-state index < -0.39 is 0 Å². The van der Waals surface area contributed by atoms with Gasteiger partial charge in [-0.2, -0.15) is 0 Å². The van der Waals surface area contributed by atoms with Crippen molar-refractivity contribution in [3.63, 3.8) is 0 Å². The minimum atomic E-state index is 0.483. The molecule has 0 aliphatic heterocycles. The molecule has 2 atom stereocenters. The van der Waals surface area contributed by atoms with E-state index in [9.17, 15) is 0 Å². The molecule has 0 saturated carbocycles. The van der Waals surface area contributed by atoms with Gasteiger partial charge in [0.2, 0.25) is 0 Å². The third-order valence-corrected chi connectivity index (χ3v) is 4.13. The Balaban J connectivity index is 2.75. The van der Waals surface area contributed by atoms with Crippen LogP contribution >= 0.6 is 0 Å². The summed E-state index contributed by atoms with van der Waals surface area (Å²) in [6.07, 6.45) is 3.72. The third kappa shape index (κ3) is 5.36. The van der Waals surface area contributed by atoms with Crippen molar-refractivity contribution in [2.45, 2.75) is 66.0 Å². The van der Waals surface area contributed by atoms with E-state index in [1.165, 1.54) is 24.8 Å². The topological polar surface area (TPSA) is 12.0 Å². The predicted molar refractivity (Wildman–Crippen MR) is 85.3 cm³/mol. The molecule has 0 heterocycles. The molecule has 1 nitrogen and oxygen atoms in total. The van der Waals surface area contributed by atoms with E-state index in [2.05, 4.69) is 70.3 Å². The average Bonchev–Trinajstić information content (AvgIpc) is 2.40. The SMILES string of the molecule is CCC(CC)C(C)NC(CC(C)C)c1ccccc1. The fraction of sp³-hybridized carbons (Fsp3) is 0.667. The van der Waals surface area contributed by atoms with Crippen molar-refractivity contribution in [1.29, 1.82) is 0 Å². The second-order valence-electron chi connectivity index (χ2n) is 6.12. The van der Waals surface area contributed by atoms with Crippen LogP contribution in [0.1, 0.15) is 65.5 Å². The molecule has 0 aromatic heterocycles. The van der Waals surface area contributed by atoms with Crippen LogP contribution in [0.15, 0.2) is 30.3 Å². The first-order chi connectivity index (χ1) is 9.08. The molecule has 0 spiro atoms. The van der Waals surface area contributed by atoms with E-state index in [4.69, 9.17) is 0 Å². The molecule has 0 saturated heterocycles. The largest absolute Gasteiger partial charge is 0.307 e. The van der Waals surface area contributed by atoms with E-state index in [-0.39, 0.29) is 0 Å². The Bertz CT molecular complexity index is 327. The zero-order chi connectivity index (χ0) is 14.3. The highest BCUT2D eigenvalue weighted by Gasteiger charge is 2.19. The summed E-state index contributed by atoms with van der Waals surface area (Å²) in [4.78, 5) is 0. The van der Waals surface area contributed by atoms with E-state index >= 15 is 0 Å². The van der Waals surface area contributed by atoms with Gasteiger partial charge in [0.1, 0.15) is 0 Å². The van der Waals surface area contributed by atoms with Gasteiger partial charge in [-0.05, 0) is 30.7 Å². The lowest BCUT2D eigenvalue weighted by atomic mass is 9.91. The molecule has 2 unspecified atom stereocenters. The molecule has 0 fully saturated rings. The Morgan fingerprint density at radius 2 is 1.53 bits per heavy atom. The van der Waals surface area contributed by atoms with Crippen LogP contribution in [0.25, 0.3) is 0 Å². The van der Waals surface area contributed by atoms with E-state index in [0.29, 0.717) is 18.0 Å². The number of nitrogens with one attached hydrogen (secondary N) is 1. The molecule has 0 bridgehead atoms. The van der Waals surface area contributed by atoms with E-state index in [1.54, 1.807) is 0 Å². The maximum Gasteiger partial charge on any atom is 0.0325 e. The Morgan fingerprint density at radius 1 is 0.947 bits per heavy atom. The maximum atomic E-state index is 3.87. The minimum Gasteiger partial charge on any atom is -0.307 e. The molecule has 19 heavy (non-hydrogen) atoms. The summed E-state index contributed by atoms with van der Waals surface area (Å²) >= 11 is 0. The van der Waals surface area contributed by atoms with Gasteiger partial charge in [0, 0.05) is 12.1 Å².